The third kappa shape index (κ3) is 3.61. The molecule has 5 heterocycles. The third-order valence-electron chi connectivity index (χ3n) is 6.69. The smallest absolute Gasteiger partial charge is 0.110 e. The number of aryl methyl sites for hydroxylation is 1. The van der Waals surface area contributed by atoms with Crippen LogP contribution in [0.25, 0.3) is 22.3 Å². The van der Waals surface area contributed by atoms with Crippen molar-refractivity contribution in [3.8, 4) is 22.3 Å². The number of hydrogen-bond donors (Lipinski definition) is 2. The van der Waals surface area contributed by atoms with Gasteiger partial charge in [0.25, 0.3) is 0 Å². The first-order valence-electron chi connectivity index (χ1n) is 11.5. The number of nitrogens with one attached hydrogen (secondary N) is 1. The van der Waals surface area contributed by atoms with Crippen molar-refractivity contribution < 1.29 is 0 Å². The molecule has 0 aliphatic carbocycles. The standard InChI is InChI=1S/C28H25N7/c1-17-5-8-31-13-22(17)19-3-4-26-21(11-19)27(33-16-35(26)2)28-24(29)12-20-23(14-32-15-25(20)34-28)18-6-9-30-10-7-18/h3-11,13-15,34H,12,16,29H2,1-2H3. The lowest BCUT2D eigenvalue weighted by atomic mass is 9.91. The van der Waals surface area contributed by atoms with E-state index in [1.54, 1.807) is 12.4 Å². The first-order chi connectivity index (χ1) is 17.1. The Hall–Kier alpha value is -4.52. The molecule has 0 bridgehead atoms. The fourth-order valence-electron chi connectivity index (χ4n) is 4.81. The Kier molecular flexibility index (Phi) is 5.03. The molecule has 7 nitrogen and oxygen atoms in total. The van der Waals surface area contributed by atoms with E-state index in [4.69, 9.17) is 10.7 Å². The van der Waals surface area contributed by atoms with Crippen molar-refractivity contribution >= 4 is 17.1 Å². The second-order valence-corrected chi connectivity index (χ2v) is 8.92. The third-order valence-corrected chi connectivity index (χ3v) is 6.69. The van der Waals surface area contributed by atoms with E-state index in [1.165, 1.54) is 5.56 Å². The molecule has 4 aromatic rings. The van der Waals surface area contributed by atoms with Gasteiger partial charge in [-0.15, -0.1) is 0 Å². The topological polar surface area (TPSA) is 92.3 Å². The lowest BCUT2D eigenvalue weighted by Crippen LogP contribution is -2.31. The highest BCUT2D eigenvalue weighted by molar-refractivity contribution is 6.19. The number of anilines is 2. The van der Waals surface area contributed by atoms with Crippen molar-refractivity contribution in [3.63, 3.8) is 0 Å². The molecule has 0 saturated carbocycles. The molecule has 1 aromatic carbocycles. The molecule has 0 radical (unpaired) electrons. The van der Waals surface area contributed by atoms with E-state index in [2.05, 4.69) is 57.3 Å². The number of allylic oxidation sites excluding steroid dienone is 2. The summed E-state index contributed by atoms with van der Waals surface area (Å²) < 4.78 is 0. The average Bonchev–Trinajstić information content (AvgIpc) is 2.89. The highest BCUT2D eigenvalue weighted by Crippen LogP contribution is 2.37. The molecular formula is C28H25N7. The van der Waals surface area contributed by atoms with Crippen LogP contribution in [-0.2, 0) is 6.42 Å². The van der Waals surface area contributed by atoms with Gasteiger partial charge in [0.15, 0.2) is 0 Å². The fourth-order valence-corrected chi connectivity index (χ4v) is 4.81. The van der Waals surface area contributed by atoms with Crippen LogP contribution in [0.4, 0.5) is 11.4 Å². The van der Waals surface area contributed by atoms with Crippen molar-refractivity contribution in [2.45, 2.75) is 13.3 Å². The predicted octanol–water partition coefficient (Wildman–Crippen LogP) is 4.55. The summed E-state index contributed by atoms with van der Waals surface area (Å²) in [6.07, 6.45) is 11.7. The van der Waals surface area contributed by atoms with Gasteiger partial charge >= 0.3 is 0 Å². The summed E-state index contributed by atoms with van der Waals surface area (Å²) in [4.78, 5) is 20.1. The molecule has 7 heteroatoms. The van der Waals surface area contributed by atoms with Gasteiger partial charge in [-0.05, 0) is 59.5 Å². The van der Waals surface area contributed by atoms with E-state index in [1.807, 2.05) is 43.0 Å². The van der Waals surface area contributed by atoms with E-state index in [0.29, 0.717) is 13.1 Å². The van der Waals surface area contributed by atoms with E-state index in [0.717, 1.165) is 61.9 Å². The number of rotatable bonds is 3. The van der Waals surface area contributed by atoms with Crippen LogP contribution in [0.1, 0.15) is 16.7 Å². The number of nitrogens with two attached hydrogens (primary N) is 1. The maximum atomic E-state index is 6.72. The summed E-state index contributed by atoms with van der Waals surface area (Å²) in [6.45, 7) is 2.67. The van der Waals surface area contributed by atoms with Gasteiger partial charge in [-0.3, -0.25) is 19.9 Å². The zero-order chi connectivity index (χ0) is 23.9. The Morgan fingerprint density at radius 2 is 1.66 bits per heavy atom. The van der Waals surface area contributed by atoms with Crippen molar-refractivity contribution in [1.82, 2.24) is 15.0 Å². The van der Waals surface area contributed by atoms with Gasteiger partial charge in [0.1, 0.15) is 6.67 Å². The van der Waals surface area contributed by atoms with E-state index in [-0.39, 0.29) is 0 Å². The number of hydrogen-bond acceptors (Lipinski definition) is 7. The van der Waals surface area contributed by atoms with Crippen LogP contribution in [0.15, 0.2) is 90.0 Å². The summed E-state index contributed by atoms with van der Waals surface area (Å²) in [5.74, 6) is 0. The zero-order valence-electron chi connectivity index (χ0n) is 19.7. The summed E-state index contributed by atoms with van der Waals surface area (Å²) in [6, 6.07) is 12.5. The number of aromatic nitrogens is 3. The van der Waals surface area contributed by atoms with Crippen molar-refractivity contribution in [1.29, 1.82) is 0 Å². The first kappa shape index (κ1) is 21.0. The highest BCUT2D eigenvalue weighted by Gasteiger charge is 2.27. The van der Waals surface area contributed by atoms with Gasteiger partial charge in [-0.2, -0.15) is 0 Å². The number of benzene rings is 1. The largest absolute Gasteiger partial charge is 0.400 e. The van der Waals surface area contributed by atoms with Gasteiger partial charge in [0, 0.05) is 72.5 Å². The quantitative estimate of drug-likeness (QED) is 0.467. The van der Waals surface area contributed by atoms with Crippen LogP contribution in [-0.4, -0.2) is 34.4 Å². The highest BCUT2D eigenvalue weighted by atomic mass is 15.2. The van der Waals surface area contributed by atoms with Gasteiger partial charge in [0.2, 0.25) is 0 Å². The SMILES string of the molecule is Cc1ccncc1-c1ccc2c(c1)C(C1=C(N)Cc3c(cncc3-c3ccncc3)N1)=NCN2C. The Morgan fingerprint density at radius 3 is 2.49 bits per heavy atom. The molecule has 0 spiro atoms. The lowest BCUT2D eigenvalue weighted by molar-refractivity contribution is 0.913. The Bertz CT molecular complexity index is 1510. The number of fused-ring (bicyclic) bond motifs is 2. The monoisotopic (exact) mass is 459 g/mol. The van der Waals surface area contributed by atoms with Crippen LogP contribution in [0, 0.1) is 6.92 Å². The van der Waals surface area contributed by atoms with Crippen LogP contribution in [0.2, 0.25) is 0 Å². The number of aliphatic imine (C=N–C) groups is 1. The molecule has 6 rings (SSSR count). The minimum Gasteiger partial charge on any atom is -0.400 e. The Morgan fingerprint density at radius 1 is 0.857 bits per heavy atom. The minimum absolute atomic E-state index is 0.564. The second kappa shape index (κ2) is 8.36. The van der Waals surface area contributed by atoms with E-state index >= 15 is 0 Å². The molecule has 3 N–H and O–H groups in total. The molecule has 0 unspecified atom stereocenters. The normalized spacial score (nSPS) is 14.7. The van der Waals surface area contributed by atoms with E-state index < -0.39 is 0 Å². The number of pyridine rings is 3. The van der Waals surface area contributed by atoms with Gasteiger partial charge in [-0.1, -0.05) is 6.07 Å². The van der Waals surface area contributed by atoms with Crippen LogP contribution < -0.4 is 16.0 Å². The van der Waals surface area contributed by atoms with Crippen LogP contribution >= 0.6 is 0 Å². The maximum Gasteiger partial charge on any atom is 0.110 e. The molecule has 0 saturated heterocycles. The lowest BCUT2D eigenvalue weighted by Gasteiger charge is -2.31. The van der Waals surface area contributed by atoms with E-state index in [9.17, 15) is 0 Å². The molecule has 172 valence electrons. The Balaban J connectivity index is 1.43. The fraction of sp³-hybridized carbons (Fsp3) is 0.143. The summed E-state index contributed by atoms with van der Waals surface area (Å²) in [5, 5.41) is 3.57. The second-order valence-electron chi connectivity index (χ2n) is 8.92. The number of nitrogens with zero attached hydrogens (tertiary/aromatic N) is 5. The minimum atomic E-state index is 0.564. The molecule has 0 amide bonds. The average molecular weight is 460 g/mol. The molecule has 0 fully saturated rings. The summed E-state index contributed by atoms with van der Waals surface area (Å²) in [5.41, 5.74) is 19.0. The van der Waals surface area contributed by atoms with Gasteiger partial charge in [0.05, 0.1) is 23.3 Å². The first-order valence-corrected chi connectivity index (χ1v) is 11.5. The molecule has 35 heavy (non-hydrogen) atoms. The molecule has 2 aliphatic rings. The van der Waals surface area contributed by atoms with Crippen molar-refractivity contribution in [2.75, 3.05) is 23.9 Å². The molecule has 3 aromatic heterocycles. The van der Waals surface area contributed by atoms with Gasteiger partial charge < -0.3 is 16.0 Å². The summed E-state index contributed by atoms with van der Waals surface area (Å²) in [7, 11) is 2.06. The summed E-state index contributed by atoms with van der Waals surface area (Å²) >= 11 is 0. The molecule has 0 atom stereocenters. The van der Waals surface area contributed by atoms with Crippen LogP contribution in [0.3, 0.4) is 0 Å². The Labute approximate surface area is 204 Å². The van der Waals surface area contributed by atoms with Gasteiger partial charge in [-0.25, -0.2) is 0 Å². The molecular weight excluding hydrogens is 434 g/mol. The maximum absolute atomic E-state index is 6.72. The van der Waals surface area contributed by atoms with Crippen molar-refractivity contribution in [3.05, 3.63) is 102 Å². The predicted molar refractivity (Wildman–Crippen MR) is 140 cm³/mol. The zero-order valence-corrected chi connectivity index (χ0v) is 19.7. The van der Waals surface area contributed by atoms with Crippen molar-refractivity contribution in [2.24, 2.45) is 10.7 Å². The van der Waals surface area contributed by atoms with Crippen LogP contribution in [0.5, 0.6) is 0 Å². The molecule has 2 aliphatic heterocycles.